The molecule has 0 aliphatic carbocycles. The van der Waals surface area contributed by atoms with Crippen molar-refractivity contribution in [2.45, 2.75) is 46.1 Å². The Bertz CT molecular complexity index is 853. The van der Waals surface area contributed by atoms with Crippen molar-refractivity contribution in [3.63, 3.8) is 0 Å². The third-order valence-corrected chi connectivity index (χ3v) is 6.60. The number of carbonyl (C=O) groups is 2. The third-order valence-electron chi connectivity index (χ3n) is 6.60. The molecule has 178 valence electrons. The van der Waals surface area contributed by atoms with E-state index in [0.29, 0.717) is 25.9 Å². The number of benzene rings is 1. The minimum Gasteiger partial charge on any atom is -0.368 e. The molecule has 8 nitrogen and oxygen atoms in total. The van der Waals surface area contributed by atoms with Gasteiger partial charge in [-0.3, -0.25) is 14.7 Å². The lowest BCUT2D eigenvalue weighted by Crippen LogP contribution is -2.53. The quantitative estimate of drug-likeness (QED) is 0.185. The van der Waals surface area contributed by atoms with Gasteiger partial charge in [0.25, 0.3) is 5.91 Å². The van der Waals surface area contributed by atoms with Crippen LogP contribution in [0.1, 0.15) is 37.8 Å². The Balaban J connectivity index is 0.00000363. The fourth-order valence-electron chi connectivity index (χ4n) is 4.20. The highest BCUT2D eigenvalue weighted by Crippen LogP contribution is 2.24. The topological polar surface area (TPSA) is 80.3 Å². The molecular formula is C23H37IN6O2. The molecule has 0 radical (unpaired) electrons. The number of rotatable bonds is 6. The highest BCUT2D eigenvalue weighted by Gasteiger charge is 2.45. The number of aryl methyl sites for hydroxylation is 1. The number of hydrogen-bond donors (Lipinski definition) is 2. The fourth-order valence-corrected chi connectivity index (χ4v) is 4.20. The molecule has 0 spiro atoms. The van der Waals surface area contributed by atoms with Crippen LogP contribution < -0.4 is 15.5 Å². The van der Waals surface area contributed by atoms with Crippen LogP contribution in [-0.2, 0) is 4.79 Å². The molecule has 2 fully saturated rings. The molecule has 1 aromatic rings. The third kappa shape index (κ3) is 5.47. The zero-order valence-electron chi connectivity index (χ0n) is 19.9. The van der Waals surface area contributed by atoms with E-state index in [1.807, 2.05) is 6.92 Å². The molecule has 3 amide bonds. The Morgan fingerprint density at radius 3 is 2.47 bits per heavy atom. The van der Waals surface area contributed by atoms with Crippen molar-refractivity contribution in [2.75, 3.05) is 51.2 Å². The number of aliphatic imine (C=N–C) groups is 1. The summed E-state index contributed by atoms with van der Waals surface area (Å²) in [5.74, 6) is 0.739. The lowest BCUT2D eigenvalue weighted by Gasteiger charge is -2.38. The van der Waals surface area contributed by atoms with Gasteiger partial charge in [-0.2, -0.15) is 0 Å². The van der Waals surface area contributed by atoms with E-state index in [2.05, 4.69) is 57.5 Å². The monoisotopic (exact) mass is 556 g/mol. The van der Waals surface area contributed by atoms with Crippen LogP contribution in [-0.4, -0.2) is 79.6 Å². The second-order valence-corrected chi connectivity index (χ2v) is 8.59. The van der Waals surface area contributed by atoms with Crippen molar-refractivity contribution in [2.24, 2.45) is 4.99 Å². The first kappa shape index (κ1) is 26.2. The number of carbonyl (C=O) groups excluding carboxylic acids is 2. The average Bonchev–Trinajstić information content (AvgIpc) is 2.99. The molecule has 9 heteroatoms. The summed E-state index contributed by atoms with van der Waals surface area (Å²) in [6, 6.07) is 6.19. The lowest BCUT2D eigenvalue weighted by molar-refractivity contribution is -0.130. The largest absolute Gasteiger partial charge is 0.368 e. The van der Waals surface area contributed by atoms with Crippen LogP contribution in [0.5, 0.6) is 0 Å². The summed E-state index contributed by atoms with van der Waals surface area (Å²) in [7, 11) is 1.80. The maximum absolute atomic E-state index is 12.5. The minimum atomic E-state index is -0.768. The maximum Gasteiger partial charge on any atom is 0.325 e. The summed E-state index contributed by atoms with van der Waals surface area (Å²) < 4.78 is 0. The number of urea groups is 1. The summed E-state index contributed by atoms with van der Waals surface area (Å²) >= 11 is 0. The molecular weight excluding hydrogens is 519 g/mol. The molecule has 3 rings (SSSR count). The van der Waals surface area contributed by atoms with E-state index in [4.69, 9.17) is 0 Å². The van der Waals surface area contributed by atoms with Crippen LogP contribution in [0.25, 0.3) is 0 Å². The van der Waals surface area contributed by atoms with Crippen molar-refractivity contribution in [3.8, 4) is 0 Å². The first-order valence-electron chi connectivity index (χ1n) is 11.2. The van der Waals surface area contributed by atoms with Gasteiger partial charge in [-0.15, -0.1) is 24.0 Å². The maximum atomic E-state index is 12.5. The van der Waals surface area contributed by atoms with Gasteiger partial charge in [0.15, 0.2) is 5.96 Å². The van der Waals surface area contributed by atoms with Crippen molar-refractivity contribution in [1.29, 1.82) is 0 Å². The van der Waals surface area contributed by atoms with Crippen molar-refractivity contribution in [1.82, 2.24) is 20.4 Å². The van der Waals surface area contributed by atoms with E-state index in [1.165, 1.54) is 21.7 Å². The van der Waals surface area contributed by atoms with Crippen molar-refractivity contribution in [3.05, 3.63) is 29.3 Å². The number of imide groups is 1. The Morgan fingerprint density at radius 1 is 1.19 bits per heavy atom. The zero-order valence-corrected chi connectivity index (χ0v) is 22.2. The Morgan fingerprint density at radius 2 is 1.88 bits per heavy atom. The Hall–Kier alpha value is -2.04. The summed E-state index contributed by atoms with van der Waals surface area (Å²) in [5, 5.41) is 6.19. The molecule has 2 aliphatic rings. The SMILES string of the molecule is CCC1(C)NC(=O)N(CCCNC(=NC)N2CCN(c3cccc(C)c3C)CC2)C1=O.I. The van der Waals surface area contributed by atoms with Crippen LogP contribution >= 0.6 is 24.0 Å². The molecule has 0 aromatic heterocycles. The highest BCUT2D eigenvalue weighted by atomic mass is 127. The standard InChI is InChI=1S/C23H36N6O2.HI/c1-6-23(4)20(30)29(22(31)26-23)12-8-11-25-21(24-5)28-15-13-27(14-16-28)19-10-7-9-17(2)18(19)3;/h7,9-10H,6,8,11-16H2,1-5H3,(H,24,25)(H,26,31);1H. The first-order valence-corrected chi connectivity index (χ1v) is 11.2. The number of guanidine groups is 1. The number of halogens is 1. The van der Waals surface area contributed by atoms with Crippen LogP contribution in [0, 0.1) is 13.8 Å². The van der Waals surface area contributed by atoms with Crippen molar-refractivity contribution < 1.29 is 9.59 Å². The molecule has 2 N–H and O–H groups in total. The second kappa shape index (κ2) is 11.2. The number of hydrogen-bond acceptors (Lipinski definition) is 4. The fraction of sp³-hybridized carbons (Fsp3) is 0.609. The Labute approximate surface area is 208 Å². The van der Waals surface area contributed by atoms with Gasteiger partial charge in [-0.05, 0) is 50.8 Å². The van der Waals surface area contributed by atoms with Gasteiger partial charge in [0, 0.05) is 52.0 Å². The molecule has 1 atom stereocenters. The normalized spacial score (nSPS) is 21.5. The second-order valence-electron chi connectivity index (χ2n) is 8.59. The Kier molecular flexibility index (Phi) is 9.18. The average molecular weight is 556 g/mol. The van der Waals surface area contributed by atoms with Gasteiger partial charge in [-0.1, -0.05) is 19.1 Å². The van der Waals surface area contributed by atoms with Crippen LogP contribution in [0.15, 0.2) is 23.2 Å². The summed E-state index contributed by atoms with van der Waals surface area (Å²) in [6.07, 6.45) is 1.27. The number of nitrogens with one attached hydrogen (secondary N) is 2. The van der Waals surface area contributed by atoms with E-state index in [-0.39, 0.29) is 35.9 Å². The molecule has 1 aromatic carbocycles. The smallest absolute Gasteiger partial charge is 0.325 e. The lowest BCUT2D eigenvalue weighted by atomic mass is 9.99. The molecule has 1 unspecified atom stereocenters. The first-order chi connectivity index (χ1) is 14.8. The summed E-state index contributed by atoms with van der Waals surface area (Å²) in [6.45, 7) is 12.8. The van der Waals surface area contributed by atoms with E-state index in [1.54, 1.807) is 14.0 Å². The summed E-state index contributed by atoms with van der Waals surface area (Å²) in [5.41, 5.74) is 3.21. The molecule has 2 aliphatic heterocycles. The molecule has 2 heterocycles. The van der Waals surface area contributed by atoms with Crippen LogP contribution in [0.2, 0.25) is 0 Å². The van der Waals surface area contributed by atoms with Gasteiger partial charge >= 0.3 is 6.03 Å². The van der Waals surface area contributed by atoms with E-state index in [0.717, 1.165) is 32.1 Å². The van der Waals surface area contributed by atoms with Gasteiger partial charge in [0.2, 0.25) is 0 Å². The number of amides is 3. The molecule has 0 saturated carbocycles. The van der Waals surface area contributed by atoms with Gasteiger partial charge < -0.3 is 20.4 Å². The van der Waals surface area contributed by atoms with E-state index < -0.39 is 5.54 Å². The van der Waals surface area contributed by atoms with Crippen molar-refractivity contribution >= 4 is 47.6 Å². The highest BCUT2D eigenvalue weighted by molar-refractivity contribution is 14.0. The van der Waals surface area contributed by atoms with Gasteiger partial charge in [-0.25, -0.2) is 4.79 Å². The van der Waals surface area contributed by atoms with E-state index >= 15 is 0 Å². The van der Waals surface area contributed by atoms with Crippen LogP contribution in [0.3, 0.4) is 0 Å². The number of nitrogens with zero attached hydrogens (tertiary/aromatic N) is 4. The zero-order chi connectivity index (χ0) is 22.6. The summed E-state index contributed by atoms with van der Waals surface area (Å²) in [4.78, 5) is 35.1. The van der Waals surface area contributed by atoms with Gasteiger partial charge in [0.05, 0.1) is 0 Å². The molecule has 32 heavy (non-hydrogen) atoms. The predicted octanol–water partition coefficient (Wildman–Crippen LogP) is 2.73. The minimum absolute atomic E-state index is 0. The van der Waals surface area contributed by atoms with Gasteiger partial charge in [0.1, 0.15) is 5.54 Å². The van der Waals surface area contributed by atoms with E-state index in [9.17, 15) is 9.59 Å². The number of anilines is 1. The predicted molar refractivity (Wildman–Crippen MR) is 140 cm³/mol. The molecule has 0 bridgehead atoms. The number of piperazine rings is 1. The molecule has 2 saturated heterocycles. The van der Waals surface area contributed by atoms with Crippen LogP contribution in [0.4, 0.5) is 10.5 Å².